The van der Waals surface area contributed by atoms with Crippen LogP contribution in [0.15, 0.2) is 0 Å². The Labute approximate surface area is 85.5 Å². The van der Waals surface area contributed by atoms with Crippen LogP contribution in [-0.2, 0) is 14.8 Å². The van der Waals surface area contributed by atoms with Crippen LogP contribution in [0, 0.1) is 0 Å². The molecule has 1 saturated heterocycles. The second kappa shape index (κ2) is 5.06. The van der Waals surface area contributed by atoms with Gasteiger partial charge in [0.1, 0.15) is 0 Å². The highest BCUT2D eigenvalue weighted by Gasteiger charge is 2.25. The molecular weight excluding hydrogens is 204 g/mol. The predicted molar refractivity (Wildman–Crippen MR) is 54.7 cm³/mol. The second-order valence-electron chi connectivity index (χ2n) is 3.42. The number of sulfonamides is 1. The molecule has 0 radical (unpaired) electrons. The third-order valence-electron chi connectivity index (χ3n) is 2.19. The van der Waals surface area contributed by atoms with Crippen LogP contribution in [0.5, 0.6) is 0 Å². The summed E-state index contributed by atoms with van der Waals surface area (Å²) in [5.41, 5.74) is 0. The van der Waals surface area contributed by atoms with Crippen molar-refractivity contribution >= 4 is 10.0 Å². The first-order chi connectivity index (χ1) is 6.54. The molecule has 0 aromatic rings. The number of ether oxygens (including phenoxy) is 1. The van der Waals surface area contributed by atoms with Crippen LogP contribution in [0.3, 0.4) is 0 Å². The quantitative estimate of drug-likeness (QED) is 0.680. The Morgan fingerprint density at radius 2 is 2.29 bits per heavy atom. The van der Waals surface area contributed by atoms with Gasteiger partial charge in [-0.2, -0.15) is 4.31 Å². The van der Waals surface area contributed by atoms with E-state index in [4.69, 9.17) is 4.74 Å². The molecule has 6 heteroatoms. The van der Waals surface area contributed by atoms with Gasteiger partial charge in [-0.1, -0.05) is 6.92 Å². The summed E-state index contributed by atoms with van der Waals surface area (Å²) in [7, 11) is -3.06. The second-order valence-corrected chi connectivity index (χ2v) is 5.40. The van der Waals surface area contributed by atoms with Crippen LogP contribution in [0.25, 0.3) is 0 Å². The molecule has 14 heavy (non-hydrogen) atoms. The lowest BCUT2D eigenvalue weighted by Crippen LogP contribution is -2.48. The molecule has 1 atom stereocenters. The fourth-order valence-electron chi connectivity index (χ4n) is 1.42. The molecule has 1 N–H and O–H groups in total. The summed E-state index contributed by atoms with van der Waals surface area (Å²) in [6, 6.07) is 0. The molecule has 5 nitrogen and oxygen atoms in total. The molecule has 0 aromatic carbocycles. The van der Waals surface area contributed by atoms with E-state index in [0.717, 1.165) is 6.54 Å². The number of hydrogen-bond acceptors (Lipinski definition) is 4. The van der Waals surface area contributed by atoms with Gasteiger partial charge >= 0.3 is 0 Å². The molecule has 0 bridgehead atoms. The molecular formula is C8H18N2O3S. The Morgan fingerprint density at radius 1 is 1.57 bits per heavy atom. The van der Waals surface area contributed by atoms with Crippen LogP contribution < -0.4 is 5.32 Å². The molecule has 0 aliphatic carbocycles. The lowest BCUT2D eigenvalue weighted by atomic mass is 10.3. The fraction of sp³-hybridized carbons (Fsp3) is 1.00. The highest BCUT2D eigenvalue weighted by atomic mass is 32.2. The smallest absolute Gasteiger partial charge is 0.211 e. The van der Waals surface area contributed by atoms with E-state index in [1.807, 2.05) is 6.92 Å². The Bertz CT molecular complexity index is 266. The van der Waals surface area contributed by atoms with E-state index in [2.05, 4.69) is 5.32 Å². The van der Waals surface area contributed by atoms with Crippen molar-refractivity contribution in [3.8, 4) is 0 Å². The molecule has 0 aromatic heterocycles. The average molecular weight is 222 g/mol. The van der Waals surface area contributed by atoms with Crippen molar-refractivity contribution in [2.45, 2.75) is 13.0 Å². The number of nitrogens with one attached hydrogen (secondary N) is 1. The van der Waals surface area contributed by atoms with Gasteiger partial charge in [0.15, 0.2) is 0 Å². The number of morpholine rings is 1. The Hall–Kier alpha value is -0.170. The van der Waals surface area contributed by atoms with Gasteiger partial charge < -0.3 is 10.1 Å². The van der Waals surface area contributed by atoms with Gasteiger partial charge in [-0.3, -0.25) is 0 Å². The first-order valence-corrected chi connectivity index (χ1v) is 6.66. The molecule has 1 aliphatic heterocycles. The third-order valence-corrected chi connectivity index (χ3v) is 3.46. The predicted octanol–water partition coefficient (Wildman–Crippen LogP) is -0.744. The number of hydrogen-bond donors (Lipinski definition) is 1. The zero-order valence-corrected chi connectivity index (χ0v) is 9.51. The van der Waals surface area contributed by atoms with E-state index in [9.17, 15) is 8.42 Å². The SMILES string of the molecule is CCNCC1CN(S(C)(=O)=O)CCO1. The normalized spacial score (nSPS) is 25.1. The maximum Gasteiger partial charge on any atom is 0.211 e. The number of likely N-dealkylation sites (N-methyl/N-ethyl adjacent to an activating group) is 1. The first kappa shape index (κ1) is 11.9. The average Bonchev–Trinajstić information content (AvgIpc) is 2.14. The Balaban J connectivity index is 2.44. The van der Waals surface area contributed by atoms with Crippen molar-refractivity contribution < 1.29 is 13.2 Å². The summed E-state index contributed by atoms with van der Waals surface area (Å²) in [5, 5.41) is 3.14. The highest BCUT2D eigenvalue weighted by Crippen LogP contribution is 2.07. The molecule has 0 amide bonds. The summed E-state index contributed by atoms with van der Waals surface area (Å²) < 4.78 is 29.4. The lowest BCUT2D eigenvalue weighted by Gasteiger charge is -2.31. The minimum absolute atomic E-state index is 0.0153. The maximum atomic E-state index is 11.3. The summed E-state index contributed by atoms with van der Waals surface area (Å²) in [6.07, 6.45) is 1.22. The van der Waals surface area contributed by atoms with E-state index in [-0.39, 0.29) is 6.10 Å². The van der Waals surface area contributed by atoms with Crippen LogP contribution in [0.1, 0.15) is 6.92 Å². The topological polar surface area (TPSA) is 58.6 Å². The minimum atomic E-state index is -3.06. The zero-order valence-electron chi connectivity index (χ0n) is 8.69. The van der Waals surface area contributed by atoms with E-state index < -0.39 is 10.0 Å². The molecule has 1 aliphatic rings. The van der Waals surface area contributed by atoms with Crippen molar-refractivity contribution in [3.63, 3.8) is 0 Å². The van der Waals surface area contributed by atoms with Gasteiger partial charge in [-0.25, -0.2) is 8.42 Å². The number of rotatable bonds is 4. The van der Waals surface area contributed by atoms with Crippen LogP contribution in [-0.4, -0.2) is 57.9 Å². The molecule has 1 fully saturated rings. The third kappa shape index (κ3) is 3.53. The molecule has 0 saturated carbocycles. The van der Waals surface area contributed by atoms with Gasteiger partial charge in [0.2, 0.25) is 10.0 Å². The molecule has 1 rings (SSSR count). The summed E-state index contributed by atoms with van der Waals surface area (Å²) in [4.78, 5) is 0. The number of nitrogens with zero attached hydrogens (tertiary/aromatic N) is 1. The van der Waals surface area contributed by atoms with Crippen molar-refractivity contribution in [1.29, 1.82) is 0 Å². The maximum absolute atomic E-state index is 11.3. The van der Waals surface area contributed by atoms with Crippen molar-refractivity contribution in [3.05, 3.63) is 0 Å². The van der Waals surface area contributed by atoms with E-state index in [1.54, 1.807) is 0 Å². The van der Waals surface area contributed by atoms with Crippen LogP contribution >= 0.6 is 0 Å². The highest BCUT2D eigenvalue weighted by molar-refractivity contribution is 7.88. The standard InChI is InChI=1S/C8H18N2O3S/c1-3-9-6-8-7-10(4-5-13-8)14(2,11)12/h8-9H,3-7H2,1-2H3. The van der Waals surface area contributed by atoms with Crippen LogP contribution in [0.2, 0.25) is 0 Å². The summed E-state index contributed by atoms with van der Waals surface area (Å²) in [5.74, 6) is 0. The summed E-state index contributed by atoms with van der Waals surface area (Å²) in [6.45, 7) is 5.02. The van der Waals surface area contributed by atoms with E-state index in [0.29, 0.717) is 26.2 Å². The fourth-order valence-corrected chi connectivity index (χ4v) is 2.27. The molecule has 0 spiro atoms. The molecule has 84 valence electrons. The molecule has 1 heterocycles. The first-order valence-electron chi connectivity index (χ1n) is 4.81. The monoisotopic (exact) mass is 222 g/mol. The van der Waals surface area contributed by atoms with Gasteiger partial charge in [-0.15, -0.1) is 0 Å². The van der Waals surface area contributed by atoms with Crippen molar-refractivity contribution in [2.24, 2.45) is 0 Å². The minimum Gasteiger partial charge on any atom is -0.374 e. The lowest BCUT2D eigenvalue weighted by molar-refractivity contribution is 0.000340. The van der Waals surface area contributed by atoms with Crippen molar-refractivity contribution in [2.75, 3.05) is 39.0 Å². The van der Waals surface area contributed by atoms with Gasteiger partial charge in [-0.05, 0) is 6.54 Å². The Kier molecular flexibility index (Phi) is 4.31. The Morgan fingerprint density at radius 3 is 2.86 bits per heavy atom. The summed E-state index contributed by atoms with van der Waals surface area (Å²) >= 11 is 0. The van der Waals surface area contributed by atoms with E-state index in [1.165, 1.54) is 10.6 Å². The van der Waals surface area contributed by atoms with Crippen molar-refractivity contribution in [1.82, 2.24) is 9.62 Å². The van der Waals surface area contributed by atoms with Gasteiger partial charge in [0.25, 0.3) is 0 Å². The largest absolute Gasteiger partial charge is 0.374 e. The van der Waals surface area contributed by atoms with Gasteiger partial charge in [0.05, 0.1) is 19.0 Å². The van der Waals surface area contributed by atoms with E-state index >= 15 is 0 Å². The van der Waals surface area contributed by atoms with Gasteiger partial charge in [0, 0.05) is 19.6 Å². The van der Waals surface area contributed by atoms with Crippen LogP contribution in [0.4, 0.5) is 0 Å². The zero-order chi connectivity index (χ0) is 10.6. The molecule has 1 unspecified atom stereocenters.